The summed E-state index contributed by atoms with van der Waals surface area (Å²) in [5.41, 5.74) is 1.07. The summed E-state index contributed by atoms with van der Waals surface area (Å²) in [7, 11) is 0. The number of nitrogens with one attached hydrogen (secondary N) is 1. The lowest BCUT2D eigenvalue weighted by molar-refractivity contribution is 0.633. The Morgan fingerprint density at radius 2 is 2.00 bits per heavy atom. The van der Waals surface area contributed by atoms with E-state index in [0.717, 1.165) is 5.56 Å². The van der Waals surface area contributed by atoms with E-state index in [1.54, 1.807) is 11.3 Å². The quantitative estimate of drug-likeness (QED) is 0.812. The molecule has 1 aromatic carbocycles. The molecule has 1 N–H and O–H groups in total. The molecule has 2 aromatic rings. The van der Waals surface area contributed by atoms with Gasteiger partial charge in [0.1, 0.15) is 0 Å². The number of rotatable bonds is 3. The van der Waals surface area contributed by atoms with Crippen LogP contribution < -0.4 is 5.32 Å². The van der Waals surface area contributed by atoms with Crippen molar-refractivity contribution in [1.29, 1.82) is 0 Å². The SMILES string of the molecule is C[C@H](NCC#Cc1ccccc1)c1cccs1. The van der Waals surface area contributed by atoms with Crippen LogP contribution in [0.3, 0.4) is 0 Å². The standard InChI is InChI=1S/C15H15NS/c1-13(15-10-6-12-17-15)16-11-5-9-14-7-3-2-4-8-14/h2-4,6-8,10,12-13,16H,11H2,1H3/t13-/m0/s1. The minimum absolute atomic E-state index is 0.375. The summed E-state index contributed by atoms with van der Waals surface area (Å²) in [4.78, 5) is 1.35. The zero-order valence-electron chi connectivity index (χ0n) is 9.81. The van der Waals surface area contributed by atoms with E-state index >= 15 is 0 Å². The zero-order chi connectivity index (χ0) is 11.9. The highest BCUT2D eigenvalue weighted by Crippen LogP contribution is 2.17. The summed E-state index contributed by atoms with van der Waals surface area (Å²) in [5, 5.41) is 5.49. The summed E-state index contributed by atoms with van der Waals surface area (Å²) >= 11 is 1.77. The van der Waals surface area contributed by atoms with Crippen LogP contribution in [0, 0.1) is 11.8 Å². The van der Waals surface area contributed by atoms with Gasteiger partial charge in [0.05, 0.1) is 6.54 Å². The highest BCUT2D eigenvalue weighted by Gasteiger charge is 2.02. The van der Waals surface area contributed by atoms with Crippen molar-refractivity contribution < 1.29 is 0 Å². The normalized spacial score (nSPS) is 11.6. The minimum Gasteiger partial charge on any atom is -0.299 e. The van der Waals surface area contributed by atoms with E-state index in [1.807, 2.05) is 30.3 Å². The van der Waals surface area contributed by atoms with Crippen LogP contribution in [0.4, 0.5) is 0 Å². The fraction of sp³-hybridized carbons (Fsp3) is 0.200. The first-order valence-electron chi connectivity index (χ1n) is 5.67. The Kier molecular flexibility index (Phi) is 4.37. The molecule has 1 atom stereocenters. The van der Waals surface area contributed by atoms with Gasteiger partial charge in [-0.25, -0.2) is 0 Å². The van der Waals surface area contributed by atoms with Gasteiger partial charge in [-0.1, -0.05) is 36.1 Å². The summed E-state index contributed by atoms with van der Waals surface area (Å²) in [5.74, 6) is 6.27. The molecule has 0 amide bonds. The van der Waals surface area contributed by atoms with E-state index in [1.165, 1.54) is 4.88 Å². The lowest BCUT2D eigenvalue weighted by Gasteiger charge is -2.08. The van der Waals surface area contributed by atoms with Crippen molar-refractivity contribution in [3.8, 4) is 11.8 Å². The average Bonchev–Trinajstić information content (AvgIpc) is 2.89. The molecule has 0 saturated carbocycles. The van der Waals surface area contributed by atoms with Crippen molar-refractivity contribution in [2.24, 2.45) is 0 Å². The van der Waals surface area contributed by atoms with Gasteiger partial charge in [0, 0.05) is 16.5 Å². The molecule has 1 heterocycles. The lowest BCUT2D eigenvalue weighted by atomic mass is 10.2. The van der Waals surface area contributed by atoms with Gasteiger partial charge in [0.2, 0.25) is 0 Å². The second kappa shape index (κ2) is 6.24. The van der Waals surface area contributed by atoms with E-state index in [2.05, 4.69) is 41.6 Å². The van der Waals surface area contributed by atoms with Gasteiger partial charge >= 0.3 is 0 Å². The Hall–Kier alpha value is -1.56. The van der Waals surface area contributed by atoms with Gasteiger partial charge in [-0.2, -0.15) is 0 Å². The maximum atomic E-state index is 3.39. The number of hydrogen-bond donors (Lipinski definition) is 1. The minimum atomic E-state index is 0.375. The van der Waals surface area contributed by atoms with Crippen molar-refractivity contribution >= 4 is 11.3 Å². The summed E-state index contributed by atoms with van der Waals surface area (Å²) in [6, 6.07) is 14.7. The second-order valence-electron chi connectivity index (χ2n) is 3.79. The molecule has 0 fully saturated rings. The van der Waals surface area contributed by atoms with Crippen LogP contribution in [-0.4, -0.2) is 6.54 Å². The Morgan fingerprint density at radius 1 is 1.18 bits per heavy atom. The highest BCUT2D eigenvalue weighted by atomic mass is 32.1. The van der Waals surface area contributed by atoms with Gasteiger partial charge < -0.3 is 0 Å². The molecule has 0 saturated heterocycles. The molecule has 0 aliphatic carbocycles. The van der Waals surface area contributed by atoms with Gasteiger partial charge in [-0.3, -0.25) is 5.32 Å². The molecule has 86 valence electrons. The lowest BCUT2D eigenvalue weighted by Crippen LogP contribution is -2.17. The van der Waals surface area contributed by atoms with Crippen LogP contribution in [0.2, 0.25) is 0 Å². The average molecular weight is 241 g/mol. The van der Waals surface area contributed by atoms with Crippen molar-refractivity contribution in [3.63, 3.8) is 0 Å². The van der Waals surface area contributed by atoms with E-state index in [9.17, 15) is 0 Å². The smallest absolute Gasteiger partial charge is 0.0585 e. The van der Waals surface area contributed by atoms with Crippen molar-refractivity contribution in [2.45, 2.75) is 13.0 Å². The van der Waals surface area contributed by atoms with Gasteiger partial charge in [0.25, 0.3) is 0 Å². The van der Waals surface area contributed by atoms with Gasteiger partial charge in [-0.15, -0.1) is 11.3 Å². The predicted octanol–water partition coefficient (Wildman–Crippen LogP) is 3.45. The third-order valence-electron chi connectivity index (χ3n) is 2.47. The molecule has 0 aliphatic rings. The van der Waals surface area contributed by atoms with E-state index < -0.39 is 0 Å². The molecule has 0 unspecified atom stereocenters. The van der Waals surface area contributed by atoms with Crippen LogP contribution in [-0.2, 0) is 0 Å². The predicted molar refractivity (Wildman–Crippen MR) is 74.1 cm³/mol. The topological polar surface area (TPSA) is 12.0 Å². The third-order valence-corrected chi connectivity index (χ3v) is 3.53. The first-order chi connectivity index (χ1) is 8.36. The summed E-state index contributed by atoms with van der Waals surface area (Å²) < 4.78 is 0. The van der Waals surface area contributed by atoms with E-state index in [-0.39, 0.29) is 0 Å². The fourth-order valence-corrected chi connectivity index (χ4v) is 2.27. The molecular weight excluding hydrogens is 226 g/mol. The van der Waals surface area contributed by atoms with Gasteiger partial charge in [0.15, 0.2) is 0 Å². The second-order valence-corrected chi connectivity index (χ2v) is 4.77. The maximum Gasteiger partial charge on any atom is 0.0585 e. The first kappa shape index (κ1) is 11.9. The molecule has 17 heavy (non-hydrogen) atoms. The maximum absolute atomic E-state index is 3.39. The van der Waals surface area contributed by atoms with Crippen LogP contribution >= 0.6 is 11.3 Å². The van der Waals surface area contributed by atoms with Gasteiger partial charge in [-0.05, 0) is 30.5 Å². The summed E-state index contributed by atoms with van der Waals surface area (Å²) in [6.45, 7) is 2.88. The van der Waals surface area contributed by atoms with Crippen LogP contribution in [0.1, 0.15) is 23.4 Å². The molecule has 1 aromatic heterocycles. The van der Waals surface area contributed by atoms with Crippen molar-refractivity contribution in [2.75, 3.05) is 6.54 Å². The molecule has 2 rings (SSSR count). The Labute approximate surface area is 107 Å². The van der Waals surface area contributed by atoms with E-state index in [4.69, 9.17) is 0 Å². The number of hydrogen-bond acceptors (Lipinski definition) is 2. The number of benzene rings is 1. The largest absolute Gasteiger partial charge is 0.299 e. The molecule has 1 nitrogen and oxygen atoms in total. The monoisotopic (exact) mass is 241 g/mol. The molecule has 0 spiro atoms. The molecule has 0 bridgehead atoms. The van der Waals surface area contributed by atoms with E-state index in [0.29, 0.717) is 12.6 Å². The fourth-order valence-electron chi connectivity index (χ4n) is 1.51. The van der Waals surface area contributed by atoms with Crippen molar-refractivity contribution in [3.05, 3.63) is 58.3 Å². The highest BCUT2D eigenvalue weighted by molar-refractivity contribution is 7.10. The first-order valence-corrected chi connectivity index (χ1v) is 6.55. The van der Waals surface area contributed by atoms with Crippen molar-refractivity contribution in [1.82, 2.24) is 5.32 Å². The van der Waals surface area contributed by atoms with Crippen LogP contribution in [0.5, 0.6) is 0 Å². The Bertz CT molecular complexity index is 491. The molecule has 0 radical (unpaired) electrons. The summed E-state index contributed by atoms with van der Waals surface area (Å²) in [6.07, 6.45) is 0. The molecule has 2 heteroatoms. The van der Waals surface area contributed by atoms with Crippen LogP contribution in [0.25, 0.3) is 0 Å². The molecule has 0 aliphatic heterocycles. The Morgan fingerprint density at radius 3 is 2.71 bits per heavy atom. The zero-order valence-corrected chi connectivity index (χ0v) is 10.6. The molecular formula is C15H15NS. The Balaban J connectivity index is 1.82. The third kappa shape index (κ3) is 3.74. The van der Waals surface area contributed by atoms with Crippen LogP contribution in [0.15, 0.2) is 47.8 Å². The number of thiophene rings is 1.